The number of nitrogens with one attached hydrogen (secondary N) is 1. The zero-order valence-electron chi connectivity index (χ0n) is 9.87. The number of carbonyl (C=O) groups is 2. The molecule has 3 nitrogen and oxygen atoms in total. The standard InChI is InChI=1S/C12H23NO2/c1-3-4-5-6-7-11(2)8-12(9-14)13-10-15/h9-12H,3-8H2,1-2H3,(H,13,15). The molecule has 0 aromatic rings. The van der Waals surface area contributed by atoms with Crippen LogP contribution >= 0.6 is 0 Å². The molecule has 0 aliphatic carbocycles. The summed E-state index contributed by atoms with van der Waals surface area (Å²) in [5, 5.41) is 2.52. The number of aldehydes is 1. The first-order valence-corrected chi connectivity index (χ1v) is 5.89. The lowest BCUT2D eigenvalue weighted by Crippen LogP contribution is -2.30. The molecule has 0 radical (unpaired) electrons. The Balaban J connectivity index is 3.56. The quantitative estimate of drug-likeness (QED) is 0.447. The van der Waals surface area contributed by atoms with E-state index in [0.29, 0.717) is 12.3 Å². The van der Waals surface area contributed by atoms with E-state index in [-0.39, 0.29) is 6.04 Å². The van der Waals surface area contributed by atoms with Crippen molar-refractivity contribution in [3.05, 3.63) is 0 Å². The lowest BCUT2D eigenvalue weighted by atomic mass is 9.96. The van der Waals surface area contributed by atoms with Crippen LogP contribution in [0.4, 0.5) is 0 Å². The minimum atomic E-state index is -0.302. The van der Waals surface area contributed by atoms with E-state index in [1.807, 2.05) is 0 Å². The zero-order chi connectivity index (χ0) is 11.5. The van der Waals surface area contributed by atoms with E-state index in [2.05, 4.69) is 19.2 Å². The van der Waals surface area contributed by atoms with Gasteiger partial charge < -0.3 is 10.1 Å². The van der Waals surface area contributed by atoms with Crippen LogP contribution in [-0.4, -0.2) is 18.7 Å². The average molecular weight is 213 g/mol. The van der Waals surface area contributed by atoms with E-state index in [4.69, 9.17) is 0 Å². The number of amides is 1. The van der Waals surface area contributed by atoms with Gasteiger partial charge in [-0.15, -0.1) is 0 Å². The summed E-state index contributed by atoms with van der Waals surface area (Å²) in [6.07, 6.45) is 8.35. The summed E-state index contributed by atoms with van der Waals surface area (Å²) in [5.74, 6) is 0.504. The van der Waals surface area contributed by atoms with Crippen molar-refractivity contribution in [1.82, 2.24) is 5.32 Å². The first-order valence-electron chi connectivity index (χ1n) is 5.89. The molecular weight excluding hydrogens is 190 g/mol. The third-order valence-electron chi connectivity index (χ3n) is 2.65. The van der Waals surface area contributed by atoms with Crippen molar-refractivity contribution in [2.75, 3.05) is 0 Å². The molecule has 1 N–H and O–H groups in total. The molecule has 0 saturated carbocycles. The van der Waals surface area contributed by atoms with E-state index >= 15 is 0 Å². The third-order valence-corrected chi connectivity index (χ3v) is 2.65. The lowest BCUT2D eigenvalue weighted by molar-refractivity contribution is -0.115. The third kappa shape index (κ3) is 8.16. The fourth-order valence-electron chi connectivity index (χ4n) is 1.72. The average Bonchev–Trinajstić information content (AvgIpc) is 2.24. The monoisotopic (exact) mass is 213 g/mol. The van der Waals surface area contributed by atoms with Gasteiger partial charge in [0.05, 0.1) is 6.04 Å². The zero-order valence-corrected chi connectivity index (χ0v) is 9.87. The summed E-state index contributed by atoms with van der Waals surface area (Å²) in [5.41, 5.74) is 0. The van der Waals surface area contributed by atoms with Gasteiger partial charge in [-0.2, -0.15) is 0 Å². The van der Waals surface area contributed by atoms with Crippen LogP contribution in [0.2, 0.25) is 0 Å². The van der Waals surface area contributed by atoms with Crippen molar-refractivity contribution in [2.24, 2.45) is 5.92 Å². The van der Waals surface area contributed by atoms with Crippen LogP contribution in [0.5, 0.6) is 0 Å². The fraction of sp³-hybridized carbons (Fsp3) is 0.833. The molecule has 0 fully saturated rings. The molecule has 2 atom stereocenters. The lowest BCUT2D eigenvalue weighted by Gasteiger charge is -2.15. The summed E-state index contributed by atoms with van der Waals surface area (Å²) in [4.78, 5) is 20.8. The van der Waals surface area contributed by atoms with Gasteiger partial charge in [-0.25, -0.2) is 0 Å². The molecule has 0 bridgehead atoms. The van der Waals surface area contributed by atoms with Gasteiger partial charge in [0.15, 0.2) is 0 Å². The first kappa shape index (κ1) is 14.1. The van der Waals surface area contributed by atoms with Crippen LogP contribution in [-0.2, 0) is 9.59 Å². The van der Waals surface area contributed by atoms with Crippen molar-refractivity contribution >= 4 is 12.7 Å². The van der Waals surface area contributed by atoms with Crippen LogP contribution in [0.25, 0.3) is 0 Å². The van der Waals surface area contributed by atoms with Gasteiger partial charge in [-0.05, 0) is 12.3 Å². The molecule has 15 heavy (non-hydrogen) atoms. The van der Waals surface area contributed by atoms with Crippen molar-refractivity contribution in [3.8, 4) is 0 Å². The van der Waals surface area contributed by atoms with Gasteiger partial charge in [-0.3, -0.25) is 4.79 Å². The molecule has 1 amide bonds. The summed E-state index contributed by atoms with van der Waals surface area (Å²) >= 11 is 0. The van der Waals surface area contributed by atoms with Gasteiger partial charge >= 0.3 is 0 Å². The largest absolute Gasteiger partial charge is 0.349 e. The number of rotatable bonds is 10. The fourth-order valence-corrected chi connectivity index (χ4v) is 1.72. The minimum absolute atomic E-state index is 0.302. The van der Waals surface area contributed by atoms with Gasteiger partial charge in [-0.1, -0.05) is 46.0 Å². The maximum Gasteiger partial charge on any atom is 0.207 e. The Morgan fingerprint density at radius 1 is 1.20 bits per heavy atom. The van der Waals surface area contributed by atoms with E-state index in [9.17, 15) is 9.59 Å². The molecule has 3 heteroatoms. The molecule has 0 aromatic carbocycles. The van der Waals surface area contributed by atoms with Crippen molar-refractivity contribution in [1.29, 1.82) is 0 Å². The van der Waals surface area contributed by atoms with Crippen LogP contribution in [0, 0.1) is 5.92 Å². The second kappa shape index (κ2) is 9.69. The molecule has 0 aliphatic rings. The Morgan fingerprint density at radius 3 is 2.47 bits per heavy atom. The summed E-state index contributed by atoms with van der Waals surface area (Å²) in [6.45, 7) is 4.33. The van der Waals surface area contributed by atoms with E-state index < -0.39 is 0 Å². The number of carbonyl (C=O) groups excluding carboxylic acids is 2. The number of hydrogen-bond donors (Lipinski definition) is 1. The first-order chi connectivity index (χ1) is 7.24. The number of hydrogen-bond acceptors (Lipinski definition) is 2. The Morgan fingerprint density at radius 2 is 1.93 bits per heavy atom. The van der Waals surface area contributed by atoms with Gasteiger partial charge in [0.1, 0.15) is 6.29 Å². The molecule has 2 unspecified atom stereocenters. The highest BCUT2D eigenvalue weighted by Crippen LogP contribution is 2.14. The van der Waals surface area contributed by atoms with Crippen LogP contribution in [0.3, 0.4) is 0 Å². The van der Waals surface area contributed by atoms with Crippen molar-refractivity contribution in [3.63, 3.8) is 0 Å². The molecule has 0 saturated heterocycles. The van der Waals surface area contributed by atoms with Gasteiger partial charge in [0.25, 0.3) is 0 Å². The number of unbranched alkanes of at least 4 members (excludes halogenated alkanes) is 3. The van der Waals surface area contributed by atoms with Gasteiger partial charge in [0.2, 0.25) is 6.41 Å². The van der Waals surface area contributed by atoms with Crippen molar-refractivity contribution in [2.45, 2.75) is 58.4 Å². The van der Waals surface area contributed by atoms with Crippen LogP contribution < -0.4 is 5.32 Å². The maximum atomic E-state index is 10.6. The molecule has 0 rings (SSSR count). The highest BCUT2D eigenvalue weighted by atomic mass is 16.1. The summed E-state index contributed by atoms with van der Waals surface area (Å²) < 4.78 is 0. The maximum absolute atomic E-state index is 10.6. The van der Waals surface area contributed by atoms with Crippen LogP contribution in [0.1, 0.15) is 52.4 Å². The molecule has 0 heterocycles. The topological polar surface area (TPSA) is 46.2 Å². The molecule has 0 spiro atoms. The highest BCUT2D eigenvalue weighted by Gasteiger charge is 2.10. The normalized spacial score (nSPS) is 14.3. The van der Waals surface area contributed by atoms with E-state index in [1.165, 1.54) is 25.7 Å². The molecule has 0 aliphatic heterocycles. The van der Waals surface area contributed by atoms with Crippen molar-refractivity contribution < 1.29 is 9.59 Å². The Bertz CT molecular complexity index is 171. The van der Waals surface area contributed by atoms with Crippen LogP contribution in [0.15, 0.2) is 0 Å². The molecule has 0 aromatic heterocycles. The predicted octanol–water partition coefficient (Wildman–Crippen LogP) is 2.30. The Kier molecular flexibility index (Phi) is 9.13. The summed E-state index contributed by atoms with van der Waals surface area (Å²) in [7, 11) is 0. The van der Waals surface area contributed by atoms with E-state index in [0.717, 1.165) is 19.1 Å². The predicted molar refractivity (Wildman–Crippen MR) is 61.6 cm³/mol. The SMILES string of the molecule is CCCCCCC(C)CC(C=O)NC=O. The molecular formula is C12H23NO2. The second-order valence-corrected chi connectivity index (χ2v) is 4.22. The highest BCUT2D eigenvalue weighted by molar-refractivity contribution is 5.63. The Labute approximate surface area is 92.6 Å². The second-order valence-electron chi connectivity index (χ2n) is 4.22. The van der Waals surface area contributed by atoms with E-state index in [1.54, 1.807) is 0 Å². The Hall–Kier alpha value is -0.860. The van der Waals surface area contributed by atoms with Gasteiger partial charge in [0, 0.05) is 0 Å². The molecule has 88 valence electrons. The summed E-state index contributed by atoms with van der Waals surface area (Å²) in [6, 6.07) is -0.302. The smallest absolute Gasteiger partial charge is 0.207 e. The minimum Gasteiger partial charge on any atom is -0.349 e.